The van der Waals surface area contributed by atoms with E-state index < -0.39 is 0 Å². The summed E-state index contributed by atoms with van der Waals surface area (Å²) in [4.78, 5) is 8.28. The lowest BCUT2D eigenvalue weighted by molar-refractivity contribution is 0.232. The van der Waals surface area contributed by atoms with E-state index in [9.17, 15) is 0 Å². The number of anilines is 1. The van der Waals surface area contributed by atoms with Crippen LogP contribution in [0.15, 0.2) is 47.2 Å². The number of hydrogen-bond acceptors (Lipinski definition) is 7. The first-order chi connectivity index (χ1) is 15.4. The molecule has 1 N–H and O–H groups in total. The van der Waals surface area contributed by atoms with E-state index in [4.69, 9.17) is 9.72 Å². The van der Waals surface area contributed by atoms with Crippen LogP contribution in [0.1, 0.15) is 45.1 Å². The fourth-order valence-electron chi connectivity index (χ4n) is 3.46. The first-order valence-electron chi connectivity index (χ1n) is 11.3. The van der Waals surface area contributed by atoms with Crippen molar-refractivity contribution < 1.29 is 4.74 Å². The lowest BCUT2D eigenvalue weighted by Gasteiger charge is -2.16. The molecule has 0 bridgehead atoms. The van der Waals surface area contributed by atoms with Crippen LogP contribution in [0.2, 0.25) is 0 Å². The average molecular weight is 457 g/mol. The number of fused-ring (bicyclic) bond motifs is 1. The second kappa shape index (κ2) is 11.5. The number of allylic oxidation sites excluding steroid dienone is 4. The van der Waals surface area contributed by atoms with Crippen LogP contribution in [-0.4, -0.2) is 64.6 Å². The molecule has 0 unspecified atom stereocenters. The molecule has 0 aromatic carbocycles. The largest absolute Gasteiger partial charge is 0.476 e. The maximum Gasteiger partial charge on any atom is 0.219 e. The Labute approximate surface area is 196 Å². The third-order valence-electron chi connectivity index (χ3n) is 5.07. The third-order valence-corrected chi connectivity index (χ3v) is 5.95. The summed E-state index contributed by atoms with van der Waals surface area (Å²) in [6.45, 7) is 9.03. The van der Waals surface area contributed by atoms with Gasteiger partial charge in [0, 0.05) is 28.8 Å². The van der Waals surface area contributed by atoms with Gasteiger partial charge in [-0.05, 0) is 70.5 Å². The fourth-order valence-corrected chi connectivity index (χ4v) is 4.18. The molecular formula is C24H36N6OS. The second-order valence-electron chi connectivity index (χ2n) is 8.49. The van der Waals surface area contributed by atoms with E-state index in [1.54, 1.807) is 11.9 Å². The highest BCUT2D eigenvalue weighted by Crippen LogP contribution is 2.27. The zero-order valence-corrected chi connectivity index (χ0v) is 20.9. The molecule has 0 radical (unpaired) electrons. The van der Waals surface area contributed by atoms with Gasteiger partial charge in [-0.3, -0.25) is 4.31 Å². The topological polar surface area (TPSA) is 57.9 Å². The minimum Gasteiger partial charge on any atom is -0.476 e. The average Bonchev–Trinajstić information content (AvgIpc) is 3.04. The highest BCUT2D eigenvalue weighted by molar-refractivity contribution is 8.01. The summed E-state index contributed by atoms with van der Waals surface area (Å²) in [6, 6.07) is 1.94. The molecule has 8 heteroatoms. The van der Waals surface area contributed by atoms with E-state index in [0.717, 1.165) is 48.7 Å². The van der Waals surface area contributed by atoms with Gasteiger partial charge in [-0.15, -0.1) is 0 Å². The Morgan fingerprint density at radius 1 is 1.19 bits per heavy atom. The Hall–Kier alpha value is -2.29. The molecule has 0 aliphatic heterocycles. The summed E-state index contributed by atoms with van der Waals surface area (Å²) in [7, 11) is 6.22. The van der Waals surface area contributed by atoms with Gasteiger partial charge >= 0.3 is 0 Å². The molecule has 0 saturated heterocycles. The van der Waals surface area contributed by atoms with Crippen LogP contribution in [0.3, 0.4) is 0 Å². The summed E-state index contributed by atoms with van der Waals surface area (Å²) in [5, 5.41) is 8.15. The van der Waals surface area contributed by atoms with Gasteiger partial charge in [0.05, 0.1) is 6.20 Å². The van der Waals surface area contributed by atoms with Gasteiger partial charge in [-0.1, -0.05) is 32.9 Å². The van der Waals surface area contributed by atoms with Crippen LogP contribution in [0.5, 0.6) is 5.88 Å². The van der Waals surface area contributed by atoms with Crippen LogP contribution in [0, 0.1) is 0 Å². The summed E-state index contributed by atoms with van der Waals surface area (Å²) < 4.78 is 10.0. The van der Waals surface area contributed by atoms with Crippen molar-refractivity contribution in [3.63, 3.8) is 0 Å². The maximum absolute atomic E-state index is 6.06. The van der Waals surface area contributed by atoms with Crippen molar-refractivity contribution in [1.29, 1.82) is 0 Å². The minimum atomic E-state index is 0.325. The first kappa shape index (κ1) is 24.4. The molecule has 0 saturated carbocycles. The number of nitrogens with zero attached hydrogens (tertiary/aromatic N) is 5. The summed E-state index contributed by atoms with van der Waals surface area (Å²) in [5.74, 6) is 1.79. The van der Waals surface area contributed by atoms with Crippen LogP contribution >= 0.6 is 11.9 Å². The van der Waals surface area contributed by atoms with Crippen LogP contribution in [0.4, 0.5) is 5.82 Å². The first-order valence-corrected chi connectivity index (χ1v) is 12.1. The molecule has 2 heterocycles. The van der Waals surface area contributed by atoms with Crippen molar-refractivity contribution in [1.82, 2.24) is 23.8 Å². The molecule has 7 nitrogen and oxygen atoms in total. The lowest BCUT2D eigenvalue weighted by atomic mass is 10.1. The van der Waals surface area contributed by atoms with Crippen LogP contribution < -0.4 is 10.1 Å². The Morgan fingerprint density at radius 2 is 2.00 bits per heavy atom. The van der Waals surface area contributed by atoms with Gasteiger partial charge in [0.15, 0.2) is 5.65 Å². The highest BCUT2D eigenvalue weighted by Gasteiger charge is 2.15. The molecular weight excluding hydrogens is 420 g/mol. The van der Waals surface area contributed by atoms with Crippen molar-refractivity contribution in [3.8, 4) is 5.88 Å². The predicted molar refractivity (Wildman–Crippen MR) is 135 cm³/mol. The smallest absolute Gasteiger partial charge is 0.219 e. The molecule has 3 rings (SSSR count). The monoisotopic (exact) mass is 456 g/mol. The molecule has 1 aliphatic carbocycles. The van der Waals surface area contributed by atoms with Crippen molar-refractivity contribution in [2.24, 2.45) is 0 Å². The van der Waals surface area contributed by atoms with Gasteiger partial charge in [0.25, 0.3) is 0 Å². The van der Waals surface area contributed by atoms with Crippen molar-refractivity contribution in [2.45, 2.75) is 39.5 Å². The van der Waals surface area contributed by atoms with E-state index in [-0.39, 0.29) is 0 Å². The number of aromatic nitrogens is 3. The second-order valence-corrected chi connectivity index (χ2v) is 9.87. The summed E-state index contributed by atoms with van der Waals surface area (Å²) in [5.41, 5.74) is 2.97. The Balaban J connectivity index is 1.83. The quantitative estimate of drug-likeness (QED) is 0.482. The van der Waals surface area contributed by atoms with Crippen LogP contribution in [0.25, 0.3) is 5.65 Å². The zero-order chi connectivity index (χ0) is 23.1. The van der Waals surface area contributed by atoms with Gasteiger partial charge in [-0.2, -0.15) is 14.6 Å². The van der Waals surface area contributed by atoms with E-state index in [1.165, 1.54) is 4.91 Å². The molecule has 0 amide bonds. The number of nitrogens with one attached hydrogen (secondary N) is 1. The zero-order valence-electron chi connectivity index (χ0n) is 20.1. The van der Waals surface area contributed by atoms with Gasteiger partial charge < -0.3 is 15.0 Å². The number of ether oxygens (including phenoxy) is 1. The molecule has 0 fully saturated rings. The van der Waals surface area contributed by atoms with E-state index in [2.05, 4.69) is 85.8 Å². The molecule has 2 aromatic heterocycles. The lowest BCUT2D eigenvalue weighted by Crippen LogP contribution is -2.25. The van der Waals surface area contributed by atoms with Crippen molar-refractivity contribution in [3.05, 3.63) is 52.7 Å². The number of likely N-dealkylation sites (N-methyl/N-ethyl adjacent to an activating group) is 1. The minimum absolute atomic E-state index is 0.325. The van der Waals surface area contributed by atoms with Crippen molar-refractivity contribution in [2.75, 3.05) is 46.2 Å². The number of rotatable bonds is 11. The summed E-state index contributed by atoms with van der Waals surface area (Å²) >= 11 is 1.72. The summed E-state index contributed by atoms with van der Waals surface area (Å²) in [6.07, 6.45) is 12.6. The highest BCUT2D eigenvalue weighted by atomic mass is 32.2. The fraction of sp³-hybridized carbons (Fsp3) is 0.500. The maximum atomic E-state index is 6.06. The SMILES string of the molecule is CCCN(C)CCOc1cc(NC2=CCC=C(SN(C)C)C=C2)n2ncc(C(C)C)c2n1. The Morgan fingerprint density at radius 3 is 2.72 bits per heavy atom. The Kier molecular flexibility index (Phi) is 8.78. The van der Waals surface area contributed by atoms with Gasteiger partial charge in [-0.25, -0.2) is 0 Å². The van der Waals surface area contributed by atoms with E-state index >= 15 is 0 Å². The van der Waals surface area contributed by atoms with E-state index in [1.807, 2.05) is 16.8 Å². The molecule has 2 aromatic rings. The Bertz CT molecular complexity index is 992. The van der Waals surface area contributed by atoms with Crippen molar-refractivity contribution >= 4 is 23.4 Å². The molecule has 0 spiro atoms. The van der Waals surface area contributed by atoms with Gasteiger partial charge in [0.1, 0.15) is 12.4 Å². The standard InChI is InChI=1S/C24H36N6OS/c1-7-13-29(6)14-15-31-23-16-22(30-24(27-23)21(17-25-30)18(2)3)26-19-9-8-10-20(12-11-19)32-28(4)5/h9-12,16-18,26H,7-8,13-15H2,1-6H3. The molecule has 1 aliphatic rings. The predicted octanol–water partition coefficient (Wildman–Crippen LogP) is 4.92. The normalized spacial score (nSPS) is 14.3. The van der Waals surface area contributed by atoms with Crippen LogP contribution in [-0.2, 0) is 0 Å². The number of hydrogen-bond donors (Lipinski definition) is 1. The molecule has 32 heavy (non-hydrogen) atoms. The molecule has 174 valence electrons. The van der Waals surface area contributed by atoms with Gasteiger partial charge in [0.2, 0.25) is 5.88 Å². The molecule has 0 atom stereocenters. The van der Waals surface area contributed by atoms with E-state index in [0.29, 0.717) is 18.4 Å². The third kappa shape index (κ3) is 6.60.